The number of rotatable bonds is 7. The highest BCUT2D eigenvalue weighted by Crippen LogP contribution is 2.29. The van der Waals surface area contributed by atoms with E-state index in [1.807, 2.05) is 18.2 Å². The Morgan fingerprint density at radius 3 is 2.29 bits per heavy atom. The Morgan fingerprint density at radius 2 is 1.64 bits per heavy atom. The van der Waals surface area contributed by atoms with Gasteiger partial charge in [-0.2, -0.15) is 0 Å². The number of amides is 1. The van der Waals surface area contributed by atoms with Crippen LogP contribution in [0.25, 0.3) is 0 Å². The minimum atomic E-state index is -0.102. The smallest absolute Gasteiger partial charge is 0.243 e. The summed E-state index contributed by atoms with van der Waals surface area (Å²) in [5.74, 6) is 1.98. The Kier molecular flexibility index (Phi) is 6.63. The topological polar surface area (TPSA) is 62.8 Å². The van der Waals surface area contributed by atoms with E-state index in [9.17, 15) is 4.79 Å². The fourth-order valence-electron chi connectivity index (χ4n) is 3.36. The third-order valence-electron chi connectivity index (χ3n) is 5.14. The number of nitrogens with zero attached hydrogens (tertiary/aromatic N) is 1. The Bertz CT molecular complexity index is 784. The summed E-state index contributed by atoms with van der Waals surface area (Å²) in [6, 6.07) is 13.5. The van der Waals surface area contributed by atoms with E-state index in [4.69, 9.17) is 9.47 Å². The number of benzene rings is 2. The van der Waals surface area contributed by atoms with E-state index in [0.717, 1.165) is 30.4 Å². The summed E-state index contributed by atoms with van der Waals surface area (Å²) >= 11 is 0. The van der Waals surface area contributed by atoms with Crippen molar-refractivity contribution in [3.05, 3.63) is 42.5 Å². The van der Waals surface area contributed by atoms with Gasteiger partial charge in [0.1, 0.15) is 0 Å². The van der Waals surface area contributed by atoms with Crippen LogP contribution in [0.1, 0.15) is 19.8 Å². The average molecular weight is 383 g/mol. The minimum Gasteiger partial charge on any atom is -0.493 e. The molecule has 1 amide bonds. The van der Waals surface area contributed by atoms with Gasteiger partial charge >= 0.3 is 0 Å². The molecule has 0 saturated carbocycles. The summed E-state index contributed by atoms with van der Waals surface area (Å²) in [4.78, 5) is 14.7. The molecule has 0 unspecified atom stereocenters. The van der Waals surface area contributed by atoms with Crippen molar-refractivity contribution < 1.29 is 14.3 Å². The van der Waals surface area contributed by atoms with Crippen molar-refractivity contribution in [1.29, 1.82) is 0 Å². The predicted molar refractivity (Wildman–Crippen MR) is 114 cm³/mol. The molecule has 3 rings (SSSR count). The quantitative estimate of drug-likeness (QED) is 0.757. The van der Waals surface area contributed by atoms with Crippen LogP contribution in [0, 0.1) is 5.92 Å². The van der Waals surface area contributed by atoms with Crippen LogP contribution in [0.4, 0.5) is 17.1 Å². The second kappa shape index (κ2) is 9.35. The predicted octanol–water partition coefficient (Wildman–Crippen LogP) is 3.99. The second-order valence-electron chi connectivity index (χ2n) is 7.19. The molecule has 6 nitrogen and oxygen atoms in total. The van der Waals surface area contributed by atoms with Gasteiger partial charge in [-0.05, 0) is 55.2 Å². The highest BCUT2D eigenvalue weighted by atomic mass is 16.5. The maximum atomic E-state index is 12.2. The number of anilines is 3. The Balaban J connectivity index is 1.51. The summed E-state index contributed by atoms with van der Waals surface area (Å²) in [5.41, 5.74) is 2.81. The van der Waals surface area contributed by atoms with Gasteiger partial charge in [0.05, 0.1) is 20.8 Å². The Labute approximate surface area is 166 Å². The number of piperidine rings is 1. The first kappa shape index (κ1) is 19.9. The zero-order valence-corrected chi connectivity index (χ0v) is 16.8. The number of hydrogen-bond acceptors (Lipinski definition) is 5. The van der Waals surface area contributed by atoms with E-state index in [2.05, 4.69) is 34.6 Å². The first-order valence-corrected chi connectivity index (χ1v) is 9.70. The average Bonchev–Trinajstić information content (AvgIpc) is 2.73. The lowest BCUT2D eigenvalue weighted by atomic mass is 9.99. The fourth-order valence-corrected chi connectivity index (χ4v) is 3.36. The SMILES string of the molecule is COc1ccc(NCC(=O)Nc2ccc(N3CCC(C)CC3)cc2)cc1OC. The van der Waals surface area contributed by atoms with Crippen molar-refractivity contribution in [3.8, 4) is 11.5 Å². The maximum Gasteiger partial charge on any atom is 0.243 e. The van der Waals surface area contributed by atoms with Gasteiger partial charge in [-0.25, -0.2) is 0 Å². The highest BCUT2D eigenvalue weighted by molar-refractivity contribution is 5.93. The molecule has 0 atom stereocenters. The molecule has 1 aliphatic rings. The highest BCUT2D eigenvalue weighted by Gasteiger charge is 2.16. The number of methoxy groups -OCH3 is 2. The van der Waals surface area contributed by atoms with Crippen molar-refractivity contribution >= 4 is 23.0 Å². The number of carbonyl (C=O) groups excluding carboxylic acids is 1. The largest absolute Gasteiger partial charge is 0.493 e. The number of carbonyl (C=O) groups is 1. The van der Waals surface area contributed by atoms with Gasteiger partial charge < -0.3 is 25.0 Å². The van der Waals surface area contributed by atoms with Gasteiger partial charge in [-0.15, -0.1) is 0 Å². The van der Waals surface area contributed by atoms with Crippen LogP contribution in [0.15, 0.2) is 42.5 Å². The standard InChI is InChI=1S/C22H29N3O3/c1-16-10-12-25(13-11-16)19-7-4-17(5-8-19)24-22(26)15-23-18-6-9-20(27-2)21(14-18)28-3/h4-9,14,16,23H,10-13,15H2,1-3H3,(H,24,26). The van der Waals surface area contributed by atoms with Crippen molar-refractivity contribution in [2.45, 2.75) is 19.8 Å². The lowest BCUT2D eigenvalue weighted by Gasteiger charge is -2.32. The van der Waals surface area contributed by atoms with Crippen molar-refractivity contribution in [2.24, 2.45) is 5.92 Å². The first-order chi connectivity index (χ1) is 13.6. The molecule has 1 saturated heterocycles. The molecule has 150 valence electrons. The number of nitrogens with one attached hydrogen (secondary N) is 2. The van der Waals surface area contributed by atoms with Crippen LogP contribution in [0.2, 0.25) is 0 Å². The van der Waals surface area contributed by atoms with Crippen LogP contribution in [-0.2, 0) is 4.79 Å². The molecule has 2 N–H and O–H groups in total. The molecule has 0 spiro atoms. The molecular formula is C22H29N3O3. The second-order valence-corrected chi connectivity index (χ2v) is 7.19. The zero-order chi connectivity index (χ0) is 19.9. The Morgan fingerprint density at radius 1 is 1.00 bits per heavy atom. The third kappa shape index (κ3) is 5.09. The lowest BCUT2D eigenvalue weighted by molar-refractivity contribution is -0.114. The number of hydrogen-bond donors (Lipinski definition) is 2. The molecule has 28 heavy (non-hydrogen) atoms. The monoisotopic (exact) mass is 383 g/mol. The molecule has 6 heteroatoms. The van der Waals surface area contributed by atoms with Crippen LogP contribution in [-0.4, -0.2) is 39.8 Å². The van der Waals surface area contributed by atoms with Crippen molar-refractivity contribution in [1.82, 2.24) is 0 Å². The molecule has 0 radical (unpaired) electrons. The molecular weight excluding hydrogens is 354 g/mol. The molecule has 2 aromatic rings. The van der Waals surface area contributed by atoms with Gasteiger partial charge in [0, 0.05) is 36.2 Å². The summed E-state index contributed by atoms with van der Waals surface area (Å²) in [6.45, 7) is 4.68. The molecule has 0 aliphatic carbocycles. The van der Waals surface area contributed by atoms with E-state index in [0.29, 0.717) is 11.5 Å². The summed E-state index contributed by atoms with van der Waals surface area (Å²) in [6.07, 6.45) is 2.47. The van der Waals surface area contributed by atoms with Gasteiger partial charge in [0.25, 0.3) is 0 Å². The first-order valence-electron chi connectivity index (χ1n) is 9.70. The van der Waals surface area contributed by atoms with E-state index in [1.165, 1.54) is 18.5 Å². The van der Waals surface area contributed by atoms with Crippen LogP contribution in [0.3, 0.4) is 0 Å². The summed E-state index contributed by atoms with van der Waals surface area (Å²) < 4.78 is 10.5. The van der Waals surface area contributed by atoms with E-state index >= 15 is 0 Å². The molecule has 1 heterocycles. The molecule has 0 bridgehead atoms. The third-order valence-corrected chi connectivity index (χ3v) is 5.14. The van der Waals surface area contributed by atoms with E-state index in [1.54, 1.807) is 26.4 Å². The summed E-state index contributed by atoms with van der Waals surface area (Å²) in [7, 11) is 3.18. The lowest BCUT2D eigenvalue weighted by Crippen LogP contribution is -2.32. The van der Waals surface area contributed by atoms with Crippen molar-refractivity contribution in [2.75, 3.05) is 49.4 Å². The molecule has 1 fully saturated rings. The Hall–Kier alpha value is -2.89. The van der Waals surface area contributed by atoms with Gasteiger partial charge in [-0.3, -0.25) is 4.79 Å². The van der Waals surface area contributed by atoms with E-state index in [-0.39, 0.29) is 12.5 Å². The van der Waals surface area contributed by atoms with Gasteiger partial charge in [0.15, 0.2) is 11.5 Å². The fraction of sp³-hybridized carbons (Fsp3) is 0.409. The van der Waals surface area contributed by atoms with E-state index < -0.39 is 0 Å². The van der Waals surface area contributed by atoms with Crippen LogP contribution in [0.5, 0.6) is 11.5 Å². The van der Waals surface area contributed by atoms with Gasteiger partial charge in [-0.1, -0.05) is 6.92 Å². The normalized spacial score (nSPS) is 14.5. The summed E-state index contributed by atoms with van der Waals surface area (Å²) in [5, 5.41) is 6.03. The maximum absolute atomic E-state index is 12.2. The molecule has 0 aromatic heterocycles. The van der Waals surface area contributed by atoms with Crippen molar-refractivity contribution in [3.63, 3.8) is 0 Å². The zero-order valence-electron chi connectivity index (χ0n) is 16.8. The van der Waals surface area contributed by atoms with Crippen LogP contribution >= 0.6 is 0 Å². The minimum absolute atomic E-state index is 0.102. The van der Waals surface area contributed by atoms with Gasteiger partial charge in [0.2, 0.25) is 5.91 Å². The number of ether oxygens (including phenoxy) is 2. The molecule has 2 aromatic carbocycles. The molecule has 1 aliphatic heterocycles. The van der Waals surface area contributed by atoms with Crippen LogP contribution < -0.4 is 25.0 Å².